The number of allylic oxidation sites excluding steroid dienone is 2. The third-order valence-corrected chi connectivity index (χ3v) is 5.34. The number of non-ortho nitro benzene ring substituents is 1. The number of rotatable bonds is 7. The van der Waals surface area contributed by atoms with Gasteiger partial charge in [0, 0.05) is 29.1 Å². The van der Waals surface area contributed by atoms with Crippen LogP contribution in [-0.4, -0.2) is 35.7 Å². The number of carbonyl (C=O) groups is 2. The second kappa shape index (κ2) is 10.5. The summed E-state index contributed by atoms with van der Waals surface area (Å²) in [5.74, 6) is -2.20. The molecule has 2 N–H and O–H groups in total. The van der Waals surface area contributed by atoms with Crippen LogP contribution < -0.4 is 5.32 Å². The first-order valence-electron chi connectivity index (χ1n) is 10.4. The van der Waals surface area contributed by atoms with Crippen LogP contribution >= 0.6 is 0 Å². The quantitative estimate of drug-likeness (QED) is 0.358. The first-order valence-corrected chi connectivity index (χ1v) is 10.4. The van der Waals surface area contributed by atoms with Crippen LogP contribution in [0.5, 0.6) is 5.75 Å². The van der Waals surface area contributed by atoms with E-state index in [-0.39, 0.29) is 29.2 Å². The Kier molecular flexibility index (Phi) is 7.47. The average Bonchev–Trinajstić information content (AvgIpc) is 2.81. The zero-order valence-electron chi connectivity index (χ0n) is 18.9. The summed E-state index contributed by atoms with van der Waals surface area (Å²) < 4.78 is 10.4. The van der Waals surface area contributed by atoms with Crippen molar-refractivity contribution in [2.24, 2.45) is 0 Å². The van der Waals surface area contributed by atoms with Crippen molar-refractivity contribution in [1.82, 2.24) is 5.32 Å². The Balaban J connectivity index is 1.94. The number of para-hydroxylation sites is 1. The van der Waals surface area contributed by atoms with E-state index in [9.17, 15) is 24.8 Å². The van der Waals surface area contributed by atoms with Crippen molar-refractivity contribution in [3.8, 4) is 5.75 Å². The van der Waals surface area contributed by atoms with Crippen LogP contribution in [0.2, 0.25) is 0 Å². The SMILES string of the molecule is COC(=O)C1=C(C)NC(C)=C(C(=O)OCC=Cc2ccccc2O)C1c1cccc([N+](=O)[O-])c1. The Morgan fingerprint density at radius 2 is 1.76 bits per heavy atom. The highest BCUT2D eigenvalue weighted by Crippen LogP contribution is 2.40. The monoisotopic (exact) mass is 464 g/mol. The summed E-state index contributed by atoms with van der Waals surface area (Å²) >= 11 is 0. The number of carbonyl (C=O) groups excluding carboxylic acids is 2. The average molecular weight is 464 g/mol. The number of nitro groups is 1. The summed E-state index contributed by atoms with van der Waals surface area (Å²) in [5, 5.41) is 24.2. The zero-order chi connectivity index (χ0) is 24.8. The molecule has 34 heavy (non-hydrogen) atoms. The standard InChI is InChI=1S/C25H24N2O7/c1-15-21(24(29)33-3)23(18-9-6-11-19(14-18)27(31)32)22(16(2)26-15)25(30)34-13-7-10-17-8-4-5-12-20(17)28/h4-12,14,23,26,28H,13H2,1-3H3. The van der Waals surface area contributed by atoms with Crippen LogP contribution in [0.1, 0.15) is 30.9 Å². The van der Waals surface area contributed by atoms with E-state index in [4.69, 9.17) is 9.47 Å². The lowest BCUT2D eigenvalue weighted by Gasteiger charge is -2.30. The molecule has 0 bridgehead atoms. The number of hydrogen-bond donors (Lipinski definition) is 2. The van der Waals surface area contributed by atoms with Crippen molar-refractivity contribution in [3.05, 3.63) is 98.4 Å². The Bertz CT molecular complexity index is 1230. The second-order valence-electron chi connectivity index (χ2n) is 7.54. The molecule has 0 radical (unpaired) electrons. The lowest BCUT2D eigenvalue weighted by Crippen LogP contribution is -2.32. The highest BCUT2D eigenvalue weighted by atomic mass is 16.6. The number of nitrogens with zero attached hydrogens (tertiary/aromatic N) is 1. The van der Waals surface area contributed by atoms with Gasteiger partial charge in [0.2, 0.25) is 0 Å². The predicted molar refractivity (Wildman–Crippen MR) is 124 cm³/mol. The number of nitrogens with one attached hydrogen (secondary N) is 1. The van der Waals surface area contributed by atoms with Gasteiger partial charge >= 0.3 is 11.9 Å². The molecule has 3 rings (SSSR count). The highest BCUT2D eigenvalue weighted by Gasteiger charge is 2.38. The van der Waals surface area contributed by atoms with E-state index in [2.05, 4.69) is 5.32 Å². The van der Waals surface area contributed by atoms with Gasteiger partial charge in [0.05, 0.1) is 29.1 Å². The molecule has 0 saturated heterocycles. The van der Waals surface area contributed by atoms with Crippen molar-refractivity contribution in [3.63, 3.8) is 0 Å². The van der Waals surface area contributed by atoms with Gasteiger partial charge in [0.1, 0.15) is 12.4 Å². The number of phenols is 1. The Morgan fingerprint density at radius 1 is 1.09 bits per heavy atom. The molecule has 9 heteroatoms. The minimum atomic E-state index is -0.928. The number of benzene rings is 2. The topological polar surface area (TPSA) is 128 Å². The van der Waals surface area contributed by atoms with Gasteiger partial charge in [-0.3, -0.25) is 10.1 Å². The molecule has 176 valence electrons. The lowest BCUT2D eigenvalue weighted by atomic mass is 9.80. The van der Waals surface area contributed by atoms with E-state index < -0.39 is 22.8 Å². The molecule has 1 heterocycles. The third-order valence-electron chi connectivity index (χ3n) is 5.34. The molecule has 1 unspecified atom stereocenters. The smallest absolute Gasteiger partial charge is 0.337 e. The van der Waals surface area contributed by atoms with E-state index in [1.165, 1.54) is 25.3 Å². The number of nitro benzene ring substituents is 1. The second-order valence-corrected chi connectivity index (χ2v) is 7.54. The van der Waals surface area contributed by atoms with Crippen molar-refractivity contribution in [1.29, 1.82) is 0 Å². The van der Waals surface area contributed by atoms with Crippen LogP contribution in [0.15, 0.2) is 77.1 Å². The Labute approximate surface area is 196 Å². The number of phenolic OH excluding ortho intramolecular Hbond substituents is 1. The molecule has 0 amide bonds. The number of methoxy groups -OCH3 is 1. The molecule has 2 aromatic carbocycles. The molecule has 1 aliphatic heterocycles. The molecular weight excluding hydrogens is 440 g/mol. The fraction of sp³-hybridized carbons (Fsp3) is 0.200. The fourth-order valence-electron chi connectivity index (χ4n) is 3.80. The summed E-state index contributed by atoms with van der Waals surface area (Å²) in [6, 6.07) is 12.5. The normalized spacial score (nSPS) is 15.8. The minimum Gasteiger partial charge on any atom is -0.507 e. The van der Waals surface area contributed by atoms with Crippen LogP contribution in [-0.2, 0) is 19.1 Å². The van der Waals surface area contributed by atoms with E-state index in [0.717, 1.165) is 0 Å². The lowest BCUT2D eigenvalue weighted by molar-refractivity contribution is -0.384. The van der Waals surface area contributed by atoms with E-state index in [1.54, 1.807) is 56.3 Å². The van der Waals surface area contributed by atoms with Gasteiger partial charge in [-0.15, -0.1) is 0 Å². The molecule has 9 nitrogen and oxygen atoms in total. The fourth-order valence-corrected chi connectivity index (χ4v) is 3.80. The summed E-state index contributed by atoms with van der Waals surface area (Å²) in [7, 11) is 1.22. The van der Waals surface area contributed by atoms with Gasteiger partial charge in [-0.2, -0.15) is 0 Å². The van der Waals surface area contributed by atoms with Crippen LogP contribution in [0.4, 0.5) is 5.69 Å². The highest BCUT2D eigenvalue weighted by molar-refractivity contribution is 6.00. The molecule has 0 spiro atoms. The largest absolute Gasteiger partial charge is 0.507 e. The van der Waals surface area contributed by atoms with E-state index in [1.807, 2.05) is 0 Å². The molecule has 0 aliphatic carbocycles. The molecular formula is C25H24N2O7. The van der Waals surface area contributed by atoms with Crippen LogP contribution in [0, 0.1) is 10.1 Å². The maximum atomic E-state index is 13.1. The molecule has 1 atom stereocenters. The number of dihydropyridines is 1. The molecule has 0 aromatic heterocycles. The summed E-state index contributed by atoms with van der Waals surface area (Å²) in [5.41, 5.74) is 2.00. The molecule has 1 aliphatic rings. The molecule has 0 fully saturated rings. The Morgan fingerprint density at radius 3 is 2.41 bits per heavy atom. The predicted octanol–water partition coefficient (Wildman–Crippen LogP) is 3.96. The summed E-state index contributed by atoms with van der Waals surface area (Å²) in [6.07, 6.45) is 3.19. The van der Waals surface area contributed by atoms with Gasteiger partial charge < -0.3 is 19.9 Å². The minimum absolute atomic E-state index is 0.0918. The first-order chi connectivity index (χ1) is 16.2. The van der Waals surface area contributed by atoms with Crippen molar-refractivity contribution in [2.75, 3.05) is 13.7 Å². The third kappa shape index (κ3) is 5.15. The van der Waals surface area contributed by atoms with Crippen LogP contribution in [0.3, 0.4) is 0 Å². The zero-order valence-corrected chi connectivity index (χ0v) is 18.9. The van der Waals surface area contributed by atoms with Gasteiger partial charge in [-0.25, -0.2) is 9.59 Å². The van der Waals surface area contributed by atoms with Gasteiger partial charge in [-0.1, -0.05) is 36.4 Å². The maximum absolute atomic E-state index is 13.1. The van der Waals surface area contributed by atoms with Gasteiger partial charge in [-0.05, 0) is 31.6 Å². The molecule has 0 saturated carbocycles. The van der Waals surface area contributed by atoms with Crippen LogP contribution in [0.25, 0.3) is 6.08 Å². The van der Waals surface area contributed by atoms with E-state index in [0.29, 0.717) is 22.5 Å². The number of aromatic hydroxyl groups is 1. The van der Waals surface area contributed by atoms with Crippen molar-refractivity contribution < 1.29 is 29.1 Å². The number of ether oxygens (including phenoxy) is 2. The summed E-state index contributed by atoms with van der Waals surface area (Å²) in [6.45, 7) is 3.23. The first kappa shape index (κ1) is 24.2. The number of hydrogen-bond acceptors (Lipinski definition) is 8. The Hall–Kier alpha value is -4.40. The maximum Gasteiger partial charge on any atom is 0.337 e. The van der Waals surface area contributed by atoms with E-state index >= 15 is 0 Å². The van der Waals surface area contributed by atoms with Gasteiger partial charge in [0.25, 0.3) is 5.69 Å². The van der Waals surface area contributed by atoms with Crippen molar-refractivity contribution in [2.45, 2.75) is 19.8 Å². The molecule has 2 aromatic rings. The summed E-state index contributed by atoms with van der Waals surface area (Å²) in [4.78, 5) is 36.6. The number of esters is 2. The van der Waals surface area contributed by atoms with Crippen molar-refractivity contribution >= 4 is 23.7 Å². The van der Waals surface area contributed by atoms with Gasteiger partial charge in [0.15, 0.2) is 0 Å².